The van der Waals surface area contributed by atoms with E-state index in [1.165, 1.54) is 22.3 Å². The Morgan fingerprint density at radius 1 is 0.955 bits per heavy atom. The number of aryl methyl sites for hydroxylation is 2. The third-order valence-corrected chi connectivity index (χ3v) is 4.48. The van der Waals surface area contributed by atoms with Gasteiger partial charge in [-0.3, -0.25) is 4.90 Å². The van der Waals surface area contributed by atoms with Gasteiger partial charge in [0, 0.05) is 31.2 Å². The molecule has 2 aromatic carbocycles. The van der Waals surface area contributed by atoms with Crippen LogP contribution in [-0.2, 0) is 0 Å². The smallest absolute Gasteiger partial charge is 0.0603 e. The monoisotopic (exact) mass is 314 g/mol. The molecule has 1 aliphatic rings. The maximum atomic E-state index is 6.25. The van der Waals surface area contributed by atoms with Crippen molar-refractivity contribution < 1.29 is 0 Å². The first-order chi connectivity index (χ1) is 10.6. The largest absolute Gasteiger partial charge is 0.314 e. The van der Waals surface area contributed by atoms with Gasteiger partial charge < -0.3 is 5.32 Å². The quantitative estimate of drug-likeness (QED) is 0.922. The Morgan fingerprint density at radius 3 is 2.27 bits per heavy atom. The van der Waals surface area contributed by atoms with Gasteiger partial charge in [0.2, 0.25) is 0 Å². The zero-order valence-corrected chi connectivity index (χ0v) is 14.0. The summed E-state index contributed by atoms with van der Waals surface area (Å²) < 4.78 is 0. The van der Waals surface area contributed by atoms with Gasteiger partial charge in [-0.2, -0.15) is 0 Å². The van der Waals surface area contributed by atoms with Crippen LogP contribution in [-0.4, -0.2) is 31.1 Å². The van der Waals surface area contributed by atoms with E-state index in [4.69, 9.17) is 11.6 Å². The number of nitrogens with zero attached hydrogens (tertiary/aromatic N) is 1. The summed E-state index contributed by atoms with van der Waals surface area (Å²) in [6.45, 7) is 8.55. The molecule has 22 heavy (non-hydrogen) atoms. The Bertz CT molecular complexity index is 627. The Morgan fingerprint density at radius 2 is 1.64 bits per heavy atom. The lowest BCUT2D eigenvalue weighted by atomic mass is 9.94. The Balaban J connectivity index is 2.05. The van der Waals surface area contributed by atoms with Crippen LogP contribution < -0.4 is 5.32 Å². The highest BCUT2D eigenvalue weighted by molar-refractivity contribution is 6.30. The van der Waals surface area contributed by atoms with Gasteiger partial charge in [-0.15, -0.1) is 0 Å². The fraction of sp³-hybridized carbons (Fsp3) is 0.368. The van der Waals surface area contributed by atoms with Gasteiger partial charge in [0.15, 0.2) is 0 Å². The van der Waals surface area contributed by atoms with E-state index in [-0.39, 0.29) is 6.04 Å². The number of benzene rings is 2. The maximum absolute atomic E-state index is 6.25. The van der Waals surface area contributed by atoms with Crippen molar-refractivity contribution in [1.82, 2.24) is 10.2 Å². The van der Waals surface area contributed by atoms with Gasteiger partial charge in [0.1, 0.15) is 0 Å². The van der Waals surface area contributed by atoms with E-state index >= 15 is 0 Å². The zero-order valence-electron chi connectivity index (χ0n) is 13.3. The van der Waals surface area contributed by atoms with Crippen molar-refractivity contribution in [3.8, 4) is 0 Å². The van der Waals surface area contributed by atoms with Crippen LogP contribution in [0.25, 0.3) is 0 Å². The second-order valence-corrected chi connectivity index (χ2v) is 6.60. The molecule has 1 saturated heterocycles. The number of piperazine rings is 1. The molecule has 0 radical (unpaired) electrons. The highest BCUT2D eigenvalue weighted by atomic mass is 35.5. The Kier molecular flexibility index (Phi) is 4.82. The molecule has 1 heterocycles. The van der Waals surface area contributed by atoms with Gasteiger partial charge in [-0.1, -0.05) is 53.1 Å². The molecule has 1 atom stereocenters. The Labute approximate surface area is 138 Å². The SMILES string of the molecule is Cc1cc(C)cc(C(c2cccc(Cl)c2)N2CCNCC2)c1. The van der Waals surface area contributed by atoms with Crippen molar-refractivity contribution in [1.29, 1.82) is 0 Å². The van der Waals surface area contributed by atoms with Crippen LogP contribution >= 0.6 is 11.6 Å². The highest BCUT2D eigenvalue weighted by Crippen LogP contribution is 2.31. The first kappa shape index (κ1) is 15.5. The van der Waals surface area contributed by atoms with Crippen LogP contribution in [0.2, 0.25) is 5.02 Å². The maximum Gasteiger partial charge on any atom is 0.0603 e. The number of hydrogen-bond donors (Lipinski definition) is 1. The zero-order chi connectivity index (χ0) is 15.5. The molecule has 0 aliphatic carbocycles. The number of halogens is 1. The van der Waals surface area contributed by atoms with Crippen molar-refractivity contribution in [2.24, 2.45) is 0 Å². The first-order valence-corrected chi connectivity index (χ1v) is 8.30. The van der Waals surface area contributed by atoms with Crippen molar-refractivity contribution in [3.63, 3.8) is 0 Å². The van der Waals surface area contributed by atoms with Crippen LogP contribution in [0, 0.1) is 13.8 Å². The van der Waals surface area contributed by atoms with E-state index in [2.05, 4.69) is 60.5 Å². The van der Waals surface area contributed by atoms with Crippen molar-refractivity contribution in [2.75, 3.05) is 26.2 Å². The van der Waals surface area contributed by atoms with Crippen molar-refractivity contribution in [3.05, 3.63) is 69.7 Å². The number of nitrogens with one attached hydrogen (secondary N) is 1. The minimum Gasteiger partial charge on any atom is -0.314 e. The third-order valence-electron chi connectivity index (χ3n) is 4.24. The summed E-state index contributed by atoms with van der Waals surface area (Å²) in [6, 6.07) is 15.4. The van der Waals surface area contributed by atoms with E-state index in [1.807, 2.05) is 6.07 Å². The second kappa shape index (κ2) is 6.82. The Hall–Kier alpha value is -1.35. The molecule has 3 rings (SSSR count). The highest BCUT2D eigenvalue weighted by Gasteiger charge is 2.24. The van der Waals surface area contributed by atoms with Crippen LogP contribution in [0.1, 0.15) is 28.3 Å². The molecule has 0 bridgehead atoms. The van der Waals surface area contributed by atoms with Crippen LogP contribution in [0.4, 0.5) is 0 Å². The van der Waals surface area contributed by atoms with Gasteiger partial charge in [-0.05, 0) is 37.1 Å². The summed E-state index contributed by atoms with van der Waals surface area (Å²) >= 11 is 6.25. The molecule has 0 amide bonds. The van der Waals surface area contributed by atoms with E-state index in [9.17, 15) is 0 Å². The molecule has 0 saturated carbocycles. The minimum absolute atomic E-state index is 0.277. The summed E-state index contributed by atoms with van der Waals surface area (Å²) in [5.74, 6) is 0. The molecule has 2 nitrogen and oxygen atoms in total. The first-order valence-electron chi connectivity index (χ1n) is 7.92. The van der Waals surface area contributed by atoms with Crippen LogP contribution in [0.15, 0.2) is 42.5 Å². The third kappa shape index (κ3) is 3.52. The fourth-order valence-electron chi connectivity index (χ4n) is 3.40. The summed E-state index contributed by atoms with van der Waals surface area (Å²) in [5.41, 5.74) is 5.27. The lowest BCUT2D eigenvalue weighted by Crippen LogP contribution is -2.45. The molecule has 1 fully saturated rings. The van der Waals surface area contributed by atoms with Crippen LogP contribution in [0.5, 0.6) is 0 Å². The van der Waals surface area contributed by atoms with E-state index in [0.29, 0.717) is 0 Å². The summed E-state index contributed by atoms with van der Waals surface area (Å²) in [4.78, 5) is 2.55. The predicted octanol–water partition coefficient (Wildman–Crippen LogP) is 3.95. The van der Waals surface area contributed by atoms with Crippen molar-refractivity contribution >= 4 is 11.6 Å². The summed E-state index contributed by atoms with van der Waals surface area (Å²) in [6.07, 6.45) is 0. The molecule has 116 valence electrons. The molecular formula is C19H23ClN2. The van der Waals surface area contributed by atoms with Gasteiger partial charge in [0.05, 0.1) is 6.04 Å². The molecule has 0 aromatic heterocycles. The van der Waals surface area contributed by atoms with Gasteiger partial charge in [0.25, 0.3) is 0 Å². The number of rotatable bonds is 3. The lowest BCUT2D eigenvalue weighted by molar-refractivity contribution is 0.198. The van der Waals surface area contributed by atoms with E-state index in [0.717, 1.165) is 31.2 Å². The van der Waals surface area contributed by atoms with Gasteiger partial charge in [-0.25, -0.2) is 0 Å². The fourth-order valence-corrected chi connectivity index (χ4v) is 3.60. The summed E-state index contributed by atoms with van der Waals surface area (Å²) in [7, 11) is 0. The second-order valence-electron chi connectivity index (χ2n) is 6.16. The normalized spacial score (nSPS) is 17.4. The molecule has 3 heteroatoms. The molecule has 1 aliphatic heterocycles. The molecule has 0 spiro atoms. The topological polar surface area (TPSA) is 15.3 Å². The lowest BCUT2D eigenvalue weighted by Gasteiger charge is -2.36. The van der Waals surface area contributed by atoms with E-state index in [1.54, 1.807) is 0 Å². The van der Waals surface area contributed by atoms with Crippen LogP contribution in [0.3, 0.4) is 0 Å². The standard InChI is InChI=1S/C19H23ClN2/c1-14-10-15(2)12-17(11-14)19(22-8-6-21-7-9-22)16-4-3-5-18(20)13-16/h3-5,10-13,19,21H,6-9H2,1-2H3. The minimum atomic E-state index is 0.277. The number of hydrogen-bond acceptors (Lipinski definition) is 2. The average Bonchev–Trinajstić information content (AvgIpc) is 2.48. The van der Waals surface area contributed by atoms with Crippen molar-refractivity contribution in [2.45, 2.75) is 19.9 Å². The molecular weight excluding hydrogens is 292 g/mol. The molecule has 1 N–H and O–H groups in total. The molecule has 2 aromatic rings. The average molecular weight is 315 g/mol. The molecule has 1 unspecified atom stereocenters. The summed E-state index contributed by atoms with van der Waals surface area (Å²) in [5, 5.41) is 4.25. The van der Waals surface area contributed by atoms with E-state index < -0.39 is 0 Å². The predicted molar refractivity (Wildman–Crippen MR) is 93.7 cm³/mol. The van der Waals surface area contributed by atoms with Gasteiger partial charge >= 0.3 is 0 Å².